The van der Waals surface area contributed by atoms with E-state index in [4.69, 9.17) is 0 Å². The molecule has 6 rings (SSSR count). The maximum absolute atomic E-state index is 12.8. The molecule has 0 fully saturated rings. The lowest BCUT2D eigenvalue weighted by Crippen LogP contribution is -2.41. The van der Waals surface area contributed by atoms with Gasteiger partial charge in [-0.15, -0.1) is 0 Å². The number of benzene rings is 4. The molecule has 1 N–H and O–H groups in total. The van der Waals surface area contributed by atoms with E-state index < -0.39 is 0 Å². The van der Waals surface area contributed by atoms with Crippen LogP contribution in [0.1, 0.15) is 27.6 Å². The second-order valence-corrected chi connectivity index (χ2v) is 9.49. The fraction of sp³-hybridized carbons (Fsp3) is 0.0909. The molecule has 196 valence electrons. The predicted molar refractivity (Wildman–Crippen MR) is 157 cm³/mol. The summed E-state index contributed by atoms with van der Waals surface area (Å²) in [6.07, 6.45) is 1.56. The summed E-state index contributed by atoms with van der Waals surface area (Å²) in [6.45, 7) is 2.82. The fourth-order valence-electron chi connectivity index (χ4n) is 4.88. The zero-order valence-corrected chi connectivity index (χ0v) is 22.0. The summed E-state index contributed by atoms with van der Waals surface area (Å²) in [4.78, 5) is 37.8. The van der Waals surface area contributed by atoms with E-state index in [1.807, 2.05) is 72.5 Å². The Kier molecular flexibility index (Phi) is 6.77. The van der Waals surface area contributed by atoms with Gasteiger partial charge in [0.15, 0.2) is 0 Å². The van der Waals surface area contributed by atoms with Gasteiger partial charge in [0.1, 0.15) is 18.8 Å². The number of nitrogens with zero attached hydrogens (tertiary/aromatic N) is 4. The molecular weight excluding hydrogens is 498 g/mol. The van der Waals surface area contributed by atoms with Gasteiger partial charge < -0.3 is 10.2 Å². The normalized spacial score (nSPS) is 12.4. The van der Waals surface area contributed by atoms with E-state index in [1.54, 1.807) is 30.6 Å². The molecule has 0 aliphatic carbocycles. The van der Waals surface area contributed by atoms with Crippen molar-refractivity contribution in [1.29, 1.82) is 0 Å². The predicted octanol–water partition coefficient (Wildman–Crippen LogP) is 6.63. The zero-order valence-electron chi connectivity index (χ0n) is 22.0. The highest BCUT2D eigenvalue weighted by Gasteiger charge is 2.35. The summed E-state index contributed by atoms with van der Waals surface area (Å²) in [5.41, 5.74) is 6.80. The van der Waals surface area contributed by atoms with Gasteiger partial charge in [0.05, 0.1) is 16.8 Å². The van der Waals surface area contributed by atoms with Crippen molar-refractivity contribution >= 4 is 29.0 Å². The summed E-state index contributed by atoms with van der Waals surface area (Å²) >= 11 is 0. The van der Waals surface area contributed by atoms with Crippen molar-refractivity contribution in [3.8, 4) is 22.4 Å². The van der Waals surface area contributed by atoms with E-state index in [0.717, 1.165) is 33.8 Å². The number of fused-ring (bicyclic) bond motifs is 1. The molecule has 0 atom stereocenters. The summed E-state index contributed by atoms with van der Waals surface area (Å²) in [6, 6.07) is 35.3. The summed E-state index contributed by atoms with van der Waals surface area (Å²) < 4.78 is 0. The van der Waals surface area contributed by atoms with Crippen molar-refractivity contribution < 1.29 is 9.59 Å². The first-order chi connectivity index (χ1) is 19.6. The quantitative estimate of drug-likeness (QED) is 0.229. The number of nitrogens with one attached hydrogen (secondary N) is 1. The number of aromatic nitrogens is 2. The average Bonchev–Trinajstić information content (AvgIpc) is 3.25. The van der Waals surface area contributed by atoms with E-state index in [0.29, 0.717) is 23.5 Å². The Morgan fingerprint density at radius 2 is 1.35 bits per heavy atom. The third-order valence-corrected chi connectivity index (χ3v) is 7.01. The lowest BCUT2D eigenvalue weighted by Gasteiger charge is -2.27. The molecule has 7 heteroatoms. The monoisotopic (exact) mass is 525 g/mol. The van der Waals surface area contributed by atoms with Crippen LogP contribution in [0.15, 0.2) is 116 Å². The molecule has 4 aromatic carbocycles. The molecule has 0 saturated heterocycles. The molecule has 0 bridgehead atoms. The molecule has 40 heavy (non-hydrogen) atoms. The van der Waals surface area contributed by atoms with Crippen LogP contribution in [0.4, 0.5) is 17.2 Å². The standard InChI is InChI=1S/C33H27N5O2/c1-2-37(22-38-32(39)28-13-6-7-14-29(28)33(38)40)27-17-15-26(16-18-27)36-31-20-30(34-21-35-31)25-12-8-11-24(19-25)23-9-4-3-5-10-23/h3-21H,2,22H2,1H3,(H,34,35,36). The Morgan fingerprint density at radius 3 is 2.05 bits per heavy atom. The molecule has 0 radical (unpaired) electrons. The summed E-state index contributed by atoms with van der Waals surface area (Å²) in [5, 5.41) is 3.36. The third kappa shape index (κ3) is 4.92. The van der Waals surface area contributed by atoms with Crippen molar-refractivity contribution in [2.24, 2.45) is 0 Å². The lowest BCUT2D eigenvalue weighted by molar-refractivity contribution is 0.0654. The Morgan fingerprint density at radius 1 is 0.700 bits per heavy atom. The Hall–Kier alpha value is -5.30. The number of anilines is 3. The first kappa shape index (κ1) is 25.0. The molecule has 0 unspecified atom stereocenters. The number of rotatable bonds is 8. The molecule has 7 nitrogen and oxygen atoms in total. The van der Waals surface area contributed by atoms with E-state index in [9.17, 15) is 9.59 Å². The number of hydrogen-bond donors (Lipinski definition) is 1. The third-order valence-electron chi connectivity index (χ3n) is 7.01. The molecule has 0 spiro atoms. The minimum atomic E-state index is -0.258. The first-order valence-corrected chi connectivity index (χ1v) is 13.2. The van der Waals surface area contributed by atoms with Crippen LogP contribution in [0.5, 0.6) is 0 Å². The van der Waals surface area contributed by atoms with Crippen molar-refractivity contribution in [3.05, 3.63) is 127 Å². The highest BCUT2D eigenvalue weighted by Crippen LogP contribution is 2.28. The van der Waals surface area contributed by atoms with Crippen LogP contribution in [-0.4, -0.2) is 39.9 Å². The average molecular weight is 526 g/mol. The topological polar surface area (TPSA) is 78.4 Å². The van der Waals surface area contributed by atoms with Crippen LogP contribution < -0.4 is 10.2 Å². The number of amides is 2. The Balaban J connectivity index is 1.16. The van der Waals surface area contributed by atoms with Gasteiger partial charge in [-0.05, 0) is 60.5 Å². The maximum atomic E-state index is 12.8. The Bertz CT molecular complexity index is 1650. The molecule has 0 saturated carbocycles. The van der Waals surface area contributed by atoms with Crippen LogP contribution in [0.3, 0.4) is 0 Å². The molecule has 2 amide bonds. The molecule has 1 aliphatic heterocycles. The highest BCUT2D eigenvalue weighted by molar-refractivity contribution is 6.21. The number of carbonyl (C=O) groups excluding carboxylic acids is 2. The van der Waals surface area contributed by atoms with E-state index in [1.165, 1.54) is 4.90 Å². The van der Waals surface area contributed by atoms with Gasteiger partial charge in [0.25, 0.3) is 11.8 Å². The summed E-state index contributed by atoms with van der Waals surface area (Å²) in [7, 11) is 0. The minimum Gasteiger partial charge on any atom is -0.354 e. The van der Waals surface area contributed by atoms with E-state index in [2.05, 4.69) is 39.6 Å². The van der Waals surface area contributed by atoms with E-state index >= 15 is 0 Å². The number of carbonyl (C=O) groups is 2. The van der Waals surface area contributed by atoms with E-state index in [-0.39, 0.29) is 18.5 Å². The van der Waals surface area contributed by atoms with Gasteiger partial charge in [-0.1, -0.05) is 60.7 Å². The maximum Gasteiger partial charge on any atom is 0.263 e. The van der Waals surface area contributed by atoms with Gasteiger partial charge in [-0.2, -0.15) is 0 Å². The van der Waals surface area contributed by atoms with Gasteiger partial charge in [-0.25, -0.2) is 9.97 Å². The first-order valence-electron chi connectivity index (χ1n) is 13.2. The lowest BCUT2D eigenvalue weighted by atomic mass is 10.0. The Labute approximate surface area is 232 Å². The smallest absolute Gasteiger partial charge is 0.263 e. The zero-order chi connectivity index (χ0) is 27.5. The fourth-order valence-corrected chi connectivity index (χ4v) is 4.88. The molecule has 2 heterocycles. The number of imide groups is 1. The molecule has 5 aromatic rings. The van der Waals surface area contributed by atoms with Gasteiger partial charge >= 0.3 is 0 Å². The van der Waals surface area contributed by atoms with Crippen LogP contribution >= 0.6 is 0 Å². The van der Waals surface area contributed by atoms with Crippen LogP contribution in [0.25, 0.3) is 22.4 Å². The molecular formula is C33H27N5O2. The van der Waals surface area contributed by atoms with Crippen molar-refractivity contribution in [3.63, 3.8) is 0 Å². The molecule has 1 aromatic heterocycles. The summed E-state index contributed by atoms with van der Waals surface area (Å²) in [5.74, 6) is 0.165. The highest BCUT2D eigenvalue weighted by atomic mass is 16.2. The van der Waals surface area contributed by atoms with Crippen LogP contribution in [0.2, 0.25) is 0 Å². The van der Waals surface area contributed by atoms with Gasteiger partial charge in [-0.3, -0.25) is 14.5 Å². The second kappa shape index (κ2) is 10.8. The van der Waals surface area contributed by atoms with Gasteiger partial charge in [0.2, 0.25) is 0 Å². The van der Waals surface area contributed by atoms with Gasteiger partial charge in [0, 0.05) is 29.5 Å². The van der Waals surface area contributed by atoms with Crippen LogP contribution in [0, 0.1) is 0 Å². The van der Waals surface area contributed by atoms with Crippen LogP contribution in [-0.2, 0) is 0 Å². The number of hydrogen-bond acceptors (Lipinski definition) is 6. The second-order valence-electron chi connectivity index (χ2n) is 9.49. The minimum absolute atomic E-state index is 0.187. The SMILES string of the molecule is CCN(CN1C(=O)c2ccccc2C1=O)c1ccc(Nc2cc(-c3cccc(-c4ccccc4)c3)ncn2)cc1. The van der Waals surface area contributed by atoms with Crippen molar-refractivity contribution in [1.82, 2.24) is 14.9 Å². The largest absolute Gasteiger partial charge is 0.354 e. The van der Waals surface area contributed by atoms with Crippen molar-refractivity contribution in [2.75, 3.05) is 23.4 Å². The molecule has 1 aliphatic rings. The van der Waals surface area contributed by atoms with Crippen molar-refractivity contribution in [2.45, 2.75) is 6.92 Å².